The Bertz CT molecular complexity index is 581. The van der Waals surface area contributed by atoms with Crippen LogP contribution in [0, 0.1) is 11.8 Å². The first-order valence-electron chi connectivity index (χ1n) is 8.53. The predicted octanol–water partition coefficient (Wildman–Crippen LogP) is 3.44. The first-order chi connectivity index (χ1) is 11.3. The highest BCUT2D eigenvalue weighted by Crippen LogP contribution is 2.32. The third kappa shape index (κ3) is 4.09. The van der Waals surface area contributed by atoms with E-state index < -0.39 is 11.7 Å². The summed E-state index contributed by atoms with van der Waals surface area (Å²) in [6, 6.07) is 5.57. The monoisotopic (exact) mass is 340 g/mol. The maximum absolute atomic E-state index is 12.6. The number of halogens is 3. The quantitative estimate of drug-likeness (QED) is 0.911. The number of amides is 1. The molecule has 3 nitrogen and oxygen atoms in total. The molecular weight excluding hydrogens is 317 g/mol. The van der Waals surface area contributed by atoms with Gasteiger partial charge in [-0.2, -0.15) is 13.2 Å². The largest absolute Gasteiger partial charge is 0.416 e. The lowest BCUT2D eigenvalue weighted by Crippen LogP contribution is -2.50. The van der Waals surface area contributed by atoms with Gasteiger partial charge in [-0.1, -0.05) is 19.1 Å². The summed E-state index contributed by atoms with van der Waals surface area (Å²) in [5.74, 6) is 0.896. The summed E-state index contributed by atoms with van der Waals surface area (Å²) in [6.45, 7) is 4.20. The third-order valence-electron chi connectivity index (χ3n) is 4.99. The van der Waals surface area contributed by atoms with Gasteiger partial charge < -0.3 is 10.2 Å². The highest BCUT2D eigenvalue weighted by Gasteiger charge is 2.36. The molecule has 0 aromatic heterocycles. The fourth-order valence-corrected chi connectivity index (χ4v) is 3.30. The van der Waals surface area contributed by atoms with Crippen molar-refractivity contribution < 1.29 is 18.0 Å². The number of likely N-dealkylation sites (tertiary alicyclic amines) is 1. The number of carbonyl (C=O) groups is 1. The van der Waals surface area contributed by atoms with Crippen LogP contribution in [0.1, 0.15) is 37.3 Å². The van der Waals surface area contributed by atoms with Crippen molar-refractivity contribution in [3.05, 3.63) is 35.4 Å². The van der Waals surface area contributed by atoms with Crippen molar-refractivity contribution >= 4 is 5.91 Å². The molecule has 0 unspecified atom stereocenters. The van der Waals surface area contributed by atoms with Gasteiger partial charge in [0.2, 0.25) is 5.91 Å². The smallest absolute Gasteiger partial charge is 0.342 e. The molecule has 1 saturated carbocycles. The molecule has 2 aliphatic rings. The van der Waals surface area contributed by atoms with Gasteiger partial charge in [0.1, 0.15) is 0 Å². The molecule has 0 bridgehead atoms. The Balaban J connectivity index is 1.49. The predicted molar refractivity (Wildman–Crippen MR) is 85.2 cm³/mol. The molecule has 0 spiro atoms. The van der Waals surface area contributed by atoms with Crippen LogP contribution < -0.4 is 5.32 Å². The second-order valence-corrected chi connectivity index (χ2v) is 7.01. The number of benzene rings is 1. The molecule has 3 rings (SSSR count). The van der Waals surface area contributed by atoms with Gasteiger partial charge in [0.05, 0.1) is 5.56 Å². The lowest BCUT2D eigenvalue weighted by molar-refractivity contribution is -0.137. The van der Waals surface area contributed by atoms with Crippen molar-refractivity contribution in [3.63, 3.8) is 0 Å². The van der Waals surface area contributed by atoms with Crippen molar-refractivity contribution in [2.24, 2.45) is 11.8 Å². The summed E-state index contributed by atoms with van der Waals surface area (Å²) in [6.07, 6.45) is -1.35. The maximum atomic E-state index is 12.6. The number of hydrogen-bond donors (Lipinski definition) is 1. The van der Waals surface area contributed by atoms with E-state index in [1.165, 1.54) is 12.1 Å². The minimum Gasteiger partial charge on any atom is -0.342 e. The van der Waals surface area contributed by atoms with E-state index in [1.807, 2.05) is 4.90 Å². The average Bonchev–Trinajstić information content (AvgIpc) is 3.37. The van der Waals surface area contributed by atoms with E-state index in [0.717, 1.165) is 50.0 Å². The normalized spacial score (nSPS) is 24.9. The topological polar surface area (TPSA) is 32.3 Å². The van der Waals surface area contributed by atoms with Crippen molar-refractivity contribution in [2.75, 3.05) is 13.1 Å². The molecule has 1 saturated heterocycles. The highest BCUT2D eigenvalue weighted by atomic mass is 19.4. The Morgan fingerprint density at radius 3 is 2.42 bits per heavy atom. The van der Waals surface area contributed by atoms with Crippen molar-refractivity contribution in [1.29, 1.82) is 0 Å². The zero-order valence-electron chi connectivity index (χ0n) is 13.8. The van der Waals surface area contributed by atoms with Crippen molar-refractivity contribution in [2.45, 2.75) is 44.9 Å². The summed E-state index contributed by atoms with van der Waals surface area (Å²) < 4.78 is 37.7. The van der Waals surface area contributed by atoms with Gasteiger partial charge in [-0.25, -0.2) is 0 Å². The van der Waals surface area contributed by atoms with Crippen LogP contribution >= 0.6 is 0 Å². The summed E-state index contributed by atoms with van der Waals surface area (Å²) in [5.41, 5.74) is 0.221. The molecule has 1 heterocycles. The number of rotatable bonds is 4. The van der Waals surface area contributed by atoms with Gasteiger partial charge in [0.25, 0.3) is 0 Å². The number of carbonyl (C=O) groups excluding carboxylic acids is 1. The standard InChI is InChI=1S/C18H23F3N2O/c1-12-11-23(17(24)14-4-5-14)9-8-16(12)22-10-13-2-6-15(7-3-13)18(19,20)21/h2-3,6-7,12,14,16,22H,4-5,8-11H2,1H3/t12-,16-/m1/s1. The third-order valence-corrected chi connectivity index (χ3v) is 4.99. The molecule has 2 fully saturated rings. The molecule has 1 N–H and O–H groups in total. The second kappa shape index (κ2) is 6.75. The Morgan fingerprint density at radius 2 is 1.88 bits per heavy atom. The molecule has 24 heavy (non-hydrogen) atoms. The average molecular weight is 340 g/mol. The van der Waals surface area contributed by atoms with Gasteiger partial charge in [0.15, 0.2) is 0 Å². The zero-order chi connectivity index (χ0) is 17.3. The fraction of sp³-hybridized carbons (Fsp3) is 0.611. The Morgan fingerprint density at radius 1 is 1.21 bits per heavy atom. The molecule has 1 aromatic rings. The van der Waals surface area contributed by atoms with Gasteiger partial charge in [-0.15, -0.1) is 0 Å². The summed E-state index contributed by atoms with van der Waals surface area (Å²) >= 11 is 0. The minimum atomic E-state index is -4.29. The lowest BCUT2D eigenvalue weighted by atomic mass is 9.93. The van der Waals surface area contributed by atoms with E-state index in [4.69, 9.17) is 0 Å². The number of piperidine rings is 1. The summed E-state index contributed by atoms with van der Waals surface area (Å²) in [7, 11) is 0. The number of hydrogen-bond acceptors (Lipinski definition) is 2. The van der Waals surface area contributed by atoms with Gasteiger partial charge in [0, 0.05) is 31.6 Å². The second-order valence-electron chi connectivity index (χ2n) is 7.01. The number of alkyl halides is 3. The molecule has 1 amide bonds. The zero-order valence-corrected chi connectivity index (χ0v) is 13.8. The Hall–Kier alpha value is -1.56. The molecular formula is C18H23F3N2O. The number of nitrogens with one attached hydrogen (secondary N) is 1. The Labute approximate surface area is 140 Å². The van der Waals surface area contributed by atoms with E-state index in [9.17, 15) is 18.0 Å². The first kappa shape index (κ1) is 17.3. The summed E-state index contributed by atoms with van der Waals surface area (Å²) in [4.78, 5) is 14.1. The maximum Gasteiger partial charge on any atom is 0.416 e. The van der Waals surface area contributed by atoms with E-state index in [0.29, 0.717) is 18.4 Å². The summed E-state index contributed by atoms with van der Waals surface area (Å²) in [5, 5.41) is 3.43. The van der Waals surface area contributed by atoms with Gasteiger partial charge in [-0.05, 0) is 42.9 Å². The van der Waals surface area contributed by atoms with Crippen LogP contribution in [0.3, 0.4) is 0 Å². The SMILES string of the molecule is C[C@@H]1CN(C(=O)C2CC2)CC[C@H]1NCc1ccc(C(F)(F)F)cc1. The molecule has 1 aliphatic carbocycles. The first-order valence-corrected chi connectivity index (χ1v) is 8.53. The van der Waals surface area contributed by atoms with Crippen LogP contribution in [0.2, 0.25) is 0 Å². The fourth-order valence-electron chi connectivity index (χ4n) is 3.30. The van der Waals surface area contributed by atoms with Crippen LogP contribution in [0.4, 0.5) is 13.2 Å². The Kier molecular flexibility index (Phi) is 4.85. The molecule has 1 aromatic carbocycles. The minimum absolute atomic E-state index is 0.258. The van der Waals surface area contributed by atoms with E-state index in [2.05, 4.69) is 12.2 Å². The van der Waals surface area contributed by atoms with Crippen LogP contribution in [0.25, 0.3) is 0 Å². The van der Waals surface area contributed by atoms with Crippen molar-refractivity contribution in [3.8, 4) is 0 Å². The molecule has 6 heteroatoms. The van der Waals surface area contributed by atoms with Crippen LogP contribution in [0.5, 0.6) is 0 Å². The molecule has 1 aliphatic heterocycles. The lowest BCUT2D eigenvalue weighted by Gasteiger charge is -2.37. The van der Waals surface area contributed by atoms with Crippen LogP contribution in [-0.2, 0) is 17.5 Å². The van der Waals surface area contributed by atoms with Gasteiger partial charge in [-0.3, -0.25) is 4.79 Å². The number of nitrogens with zero attached hydrogens (tertiary/aromatic N) is 1. The molecule has 2 atom stereocenters. The highest BCUT2D eigenvalue weighted by molar-refractivity contribution is 5.81. The molecule has 132 valence electrons. The van der Waals surface area contributed by atoms with Crippen molar-refractivity contribution in [1.82, 2.24) is 10.2 Å². The van der Waals surface area contributed by atoms with Gasteiger partial charge >= 0.3 is 6.18 Å². The van der Waals surface area contributed by atoms with E-state index in [-0.39, 0.29) is 12.0 Å². The molecule has 0 radical (unpaired) electrons. The van der Waals surface area contributed by atoms with Crippen LogP contribution in [0.15, 0.2) is 24.3 Å². The van der Waals surface area contributed by atoms with Crippen LogP contribution in [-0.4, -0.2) is 29.9 Å². The van der Waals surface area contributed by atoms with E-state index in [1.54, 1.807) is 0 Å². The van der Waals surface area contributed by atoms with E-state index >= 15 is 0 Å².